The lowest BCUT2D eigenvalue weighted by Crippen LogP contribution is -2.37. The van der Waals surface area contributed by atoms with Crippen LogP contribution in [0, 0.1) is 5.41 Å². The van der Waals surface area contributed by atoms with Gasteiger partial charge in [0.15, 0.2) is 0 Å². The van der Waals surface area contributed by atoms with Crippen molar-refractivity contribution >= 4 is 5.97 Å². The molecule has 0 aromatic rings. The molecule has 19 heavy (non-hydrogen) atoms. The molecule has 2 atom stereocenters. The van der Waals surface area contributed by atoms with Crippen LogP contribution in [0.4, 0.5) is 0 Å². The number of aliphatic hydroxyl groups is 1. The lowest BCUT2D eigenvalue weighted by molar-refractivity contribution is -0.138. The van der Waals surface area contributed by atoms with Crippen molar-refractivity contribution in [2.45, 2.75) is 58.2 Å². The number of hydrogen-bond donors (Lipinski definition) is 2. The second kappa shape index (κ2) is 4.67. The number of aliphatic carboxylic acids is 1. The summed E-state index contributed by atoms with van der Waals surface area (Å²) < 4.78 is 6.03. The monoisotopic (exact) mass is 266 g/mol. The maximum Gasteiger partial charge on any atom is 0.303 e. The largest absolute Gasteiger partial charge is 0.488 e. The number of fused-ring (bicyclic) bond motifs is 1. The minimum Gasteiger partial charge on any atom is -0.488 e. The van der Waals surface area contributed by atoms with Crippen LogP contribution in [0.3, 0.4) is 0 Å². The van der Waals surface area contributed by atoms with Gasteiger partial charge in [-0.2, -0.15) is 0 Å². The van der Waals surface area contributed by atoms with E-state index in [4.69, 9.17) is 9.84 Å². The third-order valence-corrected chi connectivity index (χ3v) is 4.09. The molecule has 1 saturated heterocycles. The van der Waals surface area contributed by atoms with Gasteiger partial charge in [-0.3, -0.25) is 4.79 Å². The molecule has 0 aromatic carbocycles. The van der Waals surface area contributed by atoms with Crippen molar-refractivity contribution in [2.24, 2.45) is 5.41 Å². The van der Waals surface area contributed by atoms with E-state index >= 15 is 0 Å². The Balaban J connectivity index is 2.14. The second-order valence-electron chi connectivity index (χ2n) is 6.41. The molecule has 2 aliphatic rings. The summed E-state index contributed by atoms with van der Waals surface area (Å²) in [6.45, 7) is 5.89. The molecule has 2 unspecified atom stereocenters. The first-order chi connectivity index (χ1) is 8.72. The molecular weight excluding hydrogens is 244 g/mol. The van der Waals surface area contributed by atoms with Crippen molar-refractivity contribution in [1.29, 1.82) is 0 Å². The normalized spacial score (nSPS) is 32.7. The molecule has 0 amide bonds. The molecule has 0 radical (unpaired) electrons. The Morgan fingerprint density at radius 2 is 2.16 bits per heavy atom. The van der Waals surface area contributed by atoms with Crippen LogP contribution in [0.2, 0.25) is 0 Å². The van der Waals surface area contributed by atoms with Gasteiger partial charge in [0.2, 0.25) is 0 Å². The molecular formula is C15H22O4. The van der Waals surface area contributed by atoms with E-state index in [9.17, 15) is 9.90 Å². The third-order valence-electron chi connectivity index (χ3n) is 4.09. The Hall–Kier alpha value is -1.29. The number of ether oxygens (including phenoxy) is 1. The van der Waals surface area contributed by atoms with E-state index in [-0.39, 0.29) is 11.8 Å². The van der Waals surface area contributed by atoms with Crippen LogP contribution < -0.4 is 0 Å². The summed E-state index contributed by atoms with van der Waals surface area (Å²) in [5, 5.41) is 18.8. The van der Waals surface area contributed by atoms with Crippen LogP contribution in [-0.4, -0.2) is 27.9 Å². The first-order valence-corrected chi connectivity index (χ1v) is 6.75. The van der Waals surface area contributed by atoms with E-state index in [0.717, 1.165) is 24.2 Å². The molecule has 1 aliphatic heterocycles. The van der Waals surface area contributed by atoms with Gasteiger partial charge in [0, 0.05) is 11.8 Å². The van der Waals surface area contributed by atoms with Gasteiger partial charge >= 0.3 is 5.97 Å². The Morgan fingerprint density at radius 3 is 2.79 bits per heavy atom. The van der Waals surface area contributed by atoms with Crippen LogP contribution in [0.15, 0.2) is 23.5 Å². The molecule has 106 valence electrons. The van der Waals surface area contributed by atoms with E-state index < -0.39 is 17.7 Å². The number of carbonyl (C=O) groups is 1. The van der Waals surface area contributed by atoms with Crippen LogP contribution in [0.25, 0.3) is 0 Å². The summed E-state index contributed by atoms with van der Waals surface area (Å²) in [5.41, 5.74) is 0.281. The van der Waals surface area contributed by atoms with Gasteiger partial charge in [-0.05, 0) is 43.9 Å². The Labute approximate surface area is 113 Å². The fraction of sp³-hybridized carbons (Fsp3) is 0.667. The Morgan fingerprint density at radius 1 is 1.47 bits per heavy atom. The SMILES string of the molecule is CC1(CCC(=O)O)CCC2=CC(O)C(C)(C)C=C2O1. The minimum atomic E-state index is -0.792. The molecule has 0 aromatic heterocycles. The van der Waals surface area contributed by atoms with Crippen molar-refractivity contribution in [3.63, 3.8) is 0 Å². The Kier molecular flexibility index (Phi) is 3.47. The zero-order chi connectivity index (χ0) is 14.3. The van der Waals surface area contributed by atoms with Gasteiger partial charge in [-0.25, -0.2) is 0 Å². The lowest BCUT2D eigenvalue weighted by Gasteiger charge is -2.41. The summed E-state index contributed by atoms with van der Waals surface area (Å²) in [5.74, 6) is 0.0222. The predicted octanol–water partition coefficient (Wildman–Crippen LogP) is 2.63. The molecule has 2 N–H and O–H groups in total. The van der Waals surface area contributed by atoms with Crippen LogP contribution in [0.1, 0.15) is 46.5 Å². The van der Waals surface area contributed by atoms with Crippen molar-refractivity contribution in [3.8, 4) is 0 Å². The molecule has 4 heteroatoms. The third kappa shape index (κ3) is 3.00. The summed E-state index contributed by atoms with van der Waals surface area (Å²) in [6, 6.07) is 0. The van der Waals surface area contributed by atoms with E-state index in [0.29, 0.717) is 6.42 Å². The topological polar surface area (TPSA) is 66.8 Å². The average Bonchev–Trinajstić information content (AvgIpc) is 2.29. The predicted molar refractivity (Wildman–Crippen MR) is 71.5 cm³/mol. The molecule has 1 fully saturated rings. The van der Waals surface area contributed by atoms with Crippen molar-refractivity contribution in [1.82, 2.24) is 0 Å². The maximum atomic E-state index is 10.7. The molecule has 2 rings (SSSR count). The van der Waals surface area contributed by atoms with Gasteiger partial charge in [0.1, 0.15) is 11.4 Å². The summed E-state index contributed by atoms with van der Waals surface area (Å²) >= 11 is 0. The zero-order valence-corrected chi connectivity index (χ0v) is 11.8. The number of rotatable bonds is 3. The van der Waals surface area contributed by atoms with E-state index in [1.54, 1.807) is 0 Å². The van der Waals surface area contributed by atoms with Crippen molar-refractivity contribution in [3.05, 3.63) is 23.5 Å². The molecule has 1 aliphatic carbocycles. The van der Waals surface area contributed by atoms with Gasteiger partial charge in [-0.1, -0.05) is 13.8 Å². The fourth-order valence-electron chi connectivity index (χ4n) is 2.57. The second-order valence-corrected chi connectivity index (χ2v) is 6.41. The van der Waals surface area contributed by atoms with E-state index in [2.05, 4.69) is 0 Å². The number of allylic oxidation sites excluding steroid dienone is 1. The highest BCUT2D eigenvalue weighted by atomic mass is 16.5. The first kappa shape index (κ1) is 14.1. The van der Waals surface area contributed by atoms with Crippen LogP contribution in [0.5, 0.6) is 0 Å². The van der Waals surface area contributed by atoms with Crippen molar-refractivity contribution in [2.75, 3.05) is 0 Å². The average molecular weight is 266 g/mol. The molecule has 4 nitrogen and oxygen atoms in total. The smallest absolute Gasteiger partial charge is 0.303 e. The van der Waals surface area contributed by atoms with Crippen molar-refractivity contribution < 1.29 is 19.7 Å². The number of hydrogen-bond acceptors (Lipinski definition) is 3. The first-order valence-electron chi connectivity index (χ1n) is 6.75. The fourth-order valence-corrected chi connectivity index (χ4v) is 2.57. The number of carboxylic acid groups (broad SMARTS) is 1. The van der Waals surface area contributed by atoms with Crippen LogP contribution >= 0.6 is 0 Å². The van der Waals surface area contributed by atoms with Crippen LogP contribution in [-0.2, 0) is 9.53 Å². The summed E-state index contributed by atoms with van der Waals surface area (Å²) in [7, 11) is 0. The van der Waals surface area contributed by atoms with E-state index in [1.807, 2.05) is 32.9 Å². The van der Waals surface area contributed by atoms with Gasteiger partial charge < -0.3 is 14.9 Å². The quantitative estimate of drug-likeness (QED) is 0.824. The summed E-state index contributed by atoms with van der Waals surface area (Å²) in [6.07, 6.45) is 5.59. The Bertz CT molecular complexity index is 447. The lowest BCUT2D eigenvalue weighted by atomic mass is 9.77. The van der Waals surface area contributed by atoms with E-state index in [1.165, 1.54) is 0 Å². The standard InChI is InChI=1S/C15H22O4/c1-14(2)9-11-10(8-12(14)16)4-6-15(3,19-11)7-5-13(17)18/h8-9,12,16H,4-7H2,1-3H3,(H,17,18). The summed E-state index contributed by atoms with van der Waals surface area (Å²) in [4.78, 5) is 10.7. The minimum absolute atomic E-state index is 0.120. The highest BCUT2D eigenvalue weighted by Gasteiger charge is 2.38. The highest BCUT2D eigenvalue weighted by molar-refractivity contribution is 5.66. The van der Waals surface area contributed by atoms with Gasteiger partial charge in [0.05, 0.1) is 6.10 Å². The van der Waals surface area contributed by atoms with Gasteiger partial charge in [0.25, 0.3) is 0 Å². The number of carboxylic acids is 1. The zero-order valence-electron chi connectivity index (χ0n) is 11.8. The molecule has 1 heterocycles. The van der Waals surface area contributed by atoms with Gasteiger partial charge in [-0.15, -0.1) is 0 Å². The maximum absolute atomic E-state index is 10.7. The molecule has 0 spiro atoms. The molecule has 0 saturated carbocycles. The number of aliphatic hydroxyl groups excluding tert-OH is 1. The molecule has 0 bridgehead atoms. The highest BCUT2D eigenvalue weighted by Crippen LogP contribution is 2.43.